The van der Waals surface area contributed by atoms with E-state index in [1.807, 2.05) is 11.1 Å². The lowest BCUT2D eigenvalue weighted by Crippen LogP contribution is -2.48. The molecule has 1 saturated heterocycles. The van der Waals surface area contributed by atoms with Gasteiger partial charge in [-0.1, -0.05) is 0 Å². The van der Waals surface area contributed by atoms with Gasteiger partial charge in [-0.15, -0.1) is 11.8 Å². The van der Waals surface area contributed by atoms with Gasteiger partial charge in [0.15, 0.2) is 5.78 Å². The molecule has 0 bridgehead atoms. The van der Waals surface area contributed by atoms with E-state index in [1.165, 1.54) is 24.8 Å². The largest absolute Gasteiger partial charge is 0.507 e. The van der Waals surface area contributed by atoms with Crippen LogP contribution >= 0.6 is 11.8 Å². The number of phenols is 1. The summed E-state index contributed by atoms with van der Waals surface area (Å²) in [4.78, 5) is 23.9. The summed E-state index contributed by atoms with van der Waals surface area (Å²) in [7, 11) is 0. The number of nitrogens with one attached hydrogen (secondary N) is 1. The Morgan fingerprint density at radius 1 is 1.33 bits per heavy atom. The van der Waals surface area contributed by atoms with Crippen molar-refractivity contribution >= 4 is 29.0 Å². The van der Waals surface area contributed by atoms with E-state index >= 15 is 0 Å². The number of hydrogen-bond donors (Lipinski definition) is 2. The van der Waals surface area contributed by atoms with Gasteiger partial charge in [0.1, 0.15) is 5.75 Å². The molecule has 0 spiro atoms. The number of hydrogen-bond acceptors (Lipinski definition) is 6. The van der Waals surface area contributed by atoms with E-state index in [1.54, 1.807) is 19.1 Å². The first-order valence-electron chi connectivity index (χ1n) is 7.73. The molecule has 2 N–H and O–H groups in total. The number of carbonyl (C=O) groups is 2. The molecule has 0 radical (unpaired) electrons. The van der Waals surface area contributed by atoms with E-state index in [9.17, 15) is 14.7 Å². The Bertz CT molecular complexity index is 639. The number of carbonyl (C=O) groups excluding carboxylic acids is 2. The Morgan fingerprint density at radius 3 is 2.67 bits per heavy atom. The molecule has 0 saturated carbocycles. The highest BCUT2D eigenvalue weighted by molar-refractivity contribution is 8.00. The van der Waals surface area contributed by atoms with E-state index in [4.69, 9.17) is 4.74 Å². The van der Waals surface area contributed by atoms with Gasteiger partial charge < -0.3 is 9.84 Å². The van der Waals surface area contributed by atoms with E-state index < -0.39 is 0 Å². The van der Waals surface area contributed by atoms with Crippen LogP contribution in [0.3, 0.4) is 0 Å². The van der Waals surface area contributed by atoms with Gasteiger partial charge in [-0.2, -0.15) is 0 Å². The Kier molecular flexibility index (Phi) is 6.84. The average molecular weight is 350 g/mol. The van der Waals surface area contributed by atoms with E-state index in [2.05, 4.69) is 5.43 Å². The van der Waals surface area contributed by atoms with Crippen molar-refractivity contribution in [2.24, 2.45) is 0 Å². The summed E-state index contributed by atoms with van der Waals surface area (Å²) in [6, 6.07) is 5.20. The smallest absolute Gasteiger partial charge is 0.244 e. The predicted molar refractivity (Wildman–Crippen MR) is 93.7 cm³/mol. The third kappa shape index (κ3) is 5.67. The zero-order valence-corrected chi connectivity index (χ0v) is 14.7. The molecule has 130 valence electrons. The second-order valence-corrected chi connectivity index (χ2v) is 6.59. The fourth-order valence-corrected chi connectivity index (χ4v) is 3.07. The molecule has 0 atom stereocenters. The molecule has 1 aromatic carbocycles. The van der Waals surface area contributed by atoms with Gasteiger partial charge in [-0.05, 0) is 43.7 Å². The number of ether oxygens (including phenoxy) is 1. The summed E-state index contributed by atoms with van der Waals surface area (Å²) in [6.45, 7) is 5.87. The van der Waals surface area contributed by atoms with Crippen molar-refractivity contribution in [3.63, 3.8) is 0 Å². The minimum Gasteiger partial charge on any atom is -0.507 e. The average Bonchev–Trinajstić information content (AvgIpc) is 2.53. The molecule has 0 aromatic heterocycles. The van der Waals surface area contributed by atoms with Crippen molar-refractivity contribution < 1.29 is 19.4 Å². The number of hydrazine groups is 1. The van der Waals surface area contributed by atoms with Crippen LogP contribution in [0, 0.1) is 0 Å². The summed E-state index contributed by atoms with van der Waals surface area (Å²) < 4.78 is 5.23. The molecule has 0 unspecified atom stereocenters. The number of thioether (sulfide) groups is 1. The molecule has 1 amide bonds. The highest BCUT2D eigenvalue weighted by atomic mass is 32.2. The van der Waals surface area contributed by atoms with Gasteiger partial charge in [-0.25, -0.2) is 5.01 Å². The Labute approximate surface area is 145 Å². The number of aromatic hydroxyl groups is 1. The quantitative estimate of drug-likeness (QED) is 0.602. The fraction of sp³-hybridized carbons (Fsp3) is 0.412. The molecule has 6 nitrogen and oxygen atoms in total. The first-order chi connectivity index (χ1) is 11.5. The van der Waals surface area contributed by atoms with Gasteiger partial charge in [0.05, 0.1) is 19.0 Å². The van der Waals surface area contributed by atoms with E-state index in [-0.39, 0.29) is 23.2 Å². The highest BCUT2D eigenvalue weighted by Crippen LogP contribution is 2.30. The number of ketones is 1. The van der Waals surface area contributed by atoms with Crippen molar-refractivity contribution in [2.45, 2.75) is 18.7 Å². The molecule has 0 aliphatic carbocycles. The van der Waals surface area contributed by atoms with Crippen molar-refractivity contribution in [3.8, 4) is 5.75 Å². The van der Waals surface area contributed by atoms with E-state index in [0.29, 0.717) is 37.4 Å². The second-order valence-electron chi connectivity index (χ2n) is 5.54. The van der Waals surface area contributed by atoms with Crippen molar-refractivity contribution in [3.05, 3.63) is 29.8 Å². The Balaban J connectivity index is 1.90. The molecule has 1 fully saturated rings. The molecule has 7 heteroatoms. The second kappa shape index (κ2) is 8.86. The first-order valence-corrected chi connectivity index (χ1v) is 8.71. The predicted octanol–water partition coefficient (Wildman–Crippen LogP) is 1.84. The van der Waals surface area contributed by atoms with Crippen LogP contribution in [0.1, 0.15) is 19.4 Å². The van der Waals surface area contributed by atoms with Crippen LogP contribution in [0.15, 0.2) is 29.2 Å². The number of morpholine rings is 1. The molecular formula is C17H22N2O4S. The lowest BCUT2D eigenvalue weighted by Gasteiger charge is -2.26. The van der Waals surface area contributed by atoms with Gasteiger partial charge in [-0.3, -0.25) is 15.0 Å². The van der Waals surface area contributed by atoms with Crippen LogP contribution in [-0.2, 0) is 14.3 Å². The minimum atomic E-state index is -0.0851. The Morgan fingerprint density at radius 2 is 2.04 bits per heavy atom. The zero-order chi connectivity index (χ0) is 17.5. The van der Waals surface area contributed by atoms with Crippen LogP contribution in [0.25, 0.3) is 5.57 Å². The summed E-state index contributed by atoms with van der Waals surface area (Å²) in [5.41, 5.74) is 4.17. The molecular weight excluding hydrogens is 328 g/mol. The number of amides is 1. The SMILES string of the molecule is CC(=O)/C=C(/C)c1ccc(SCC(=O)NN2CCOCC2)cc1O. The molecule has 1 aromatic rings. The van der Waals surface area contributed by atoms with Gasteiger partial charge in [0.2, 0.25) is 5.91 Å². The van der Waals surface area contributed by atoms with E-state index in [0.717, 1.165) is 4.90 Å². The number of nitrogens with zero attached hydrogens (tertiary/aromatic N) is 1. The summed E-state index contributed by atoms with van der Waals surface area (Å²) >= 11 is 1.35. The fourth-order valence-electron chi connectivity index (χ4n) is 2.35. The van der Waals surface area contributed by atoms with Crippen LogP contribution in [0.4, 0.5) is 0 Å². The summed E-state index contributed by atoms with van der Waals surface area (Å²) in [5.74, 6) is 0.213. The molecule has 1 aliphatic heterocycles. The van der Waals surface area contributed by atoms with Crippen molar-refractivity contribution in [2.75, 3.05) is 32.1 Å². The zero-order valence-electron chi connectivity index (χ0n) is 13.9. The minimum absolute atomic E-state index is 0.0647. The maximum Gasteiger partial charge on any atom is 0.244 e. The van der Waals surface area contributed by atoms with Crippen molar-refractivity contribution in [1.82, 2.24) is 10.4 Å². The molecule has 24 heavy (non-hydrogen) atoms. The normalized spacial score (nSPS) is 16.0. The lowest BCUT2D eigenvalue weighted by molar-refractivity contribution is -0.125. The molecule has 1 aliphatic rings. The maximum atomic E-state index is 11.9. The molecule has 1 heterocycles. The maximum absolute atomic E-state index is 11.9. The van der Waals surface area contributed by atoms with Crippen LogP contribution in [0.5, 0.6) is 5.75 Å². The third-order valence-electron chi connectivity index (χ3n) is 3.48. The van der Waals surface area contributed by atoms with Crippen molar-refractivity contribution in [1.29, 1.82) is 0 Å². The number of rotatable bonds is 6. The number of allylic oxidation sites excluding steroid dienone is 2. The Hall–Kier alpha value is -1.83. The van der Waals surface area contributed by atoms with Gasteiger partial charge >= 0.3 is 0 Å². The topological polar surface area (TPSA) is 78.9 Å². The highest BCUT2D eigenvalue weighted by Gasteiger charge is 2.13. The lowest BCUT2D eigenvalue weighted by atomic mass is 10.1. The number of benzene rings is 1. The monoisotopic (exact) mass is 350 g/mol. The molecule has 2 rings (SSSR count). The first kappa shape index (κ1) is 18.5. The van der Waals surface area contributed by atoms with Crippen LogP contribution < -0.4 is 5.43 Å². The third-order valence-corrected chi connectivity index (χ3v) is 4.47. The van der Waals surface area contributed by atoms with Gasteiger partial charge in [0.25, 0.3) is 0 Å². The summed E-state index contributed by atoms with van der Waals surface area (Å²) in [5, 5.41) is 12.0. The summed E-state index contributed by atoms with van der Waals surface area (Å²) in [6.07, 6.45) is 1.48. The van der Waals surface area contributed by atoms with Gasteiger partial charge in [0, 0.05) is 23.5 Å². The number of phenolic OH excluding ortho intramolecular Hbond substituents is 1. The standard InChI is InChI=1S/C17H22N2O4S/c1-12(9-13(2)20)15-4-3-14(10-16(15)21)24-11-17(22)18-19-5-7-23-8-6-19/h3-4,9-10,21H,5-8,11H2,1-2H3,(H,18,22)/b12-9-. The van der Waals surface area contributed by atoms with Crippen LogP contribution in [0.2, 0.25) is 0 Å². The van der Waals surface area contributed by atoms with Crippen LogP contribution in [-0.4, -0.2) is 53.9 Å².